The zero-order chi connectivity index (χ0) is 25.8. The highest BCUT2D eigenvalue weighted by Gasteiger charge is 2.10. The molecule has 5 heteroatoms. The number of aliphatic hydroxyl groups excluding tert-OH is 1. The van der Waals surface area contributed by atoms with Gasteiger partial charge in [-0.05, 0) is 99.5 Å². The van der Waals surface area contributed by atoms with Gasteiger partial charge in [0, 0.05) is 5.39 Å². The zero-order valence-corrected chi connectivity index (χ0v) is 23.9. The molecule has 188 valence electrons. The molecule has 36 heavy (non-hydrogen) atoms. The van der Waals surface area contributed by atoms with Crippen molar-refractivity contribution in [3.05, 3.63) is 117 Å². The molecule has 4 aromatic rings. The van der Waals surface area contributed by atoms with Crippen molar-refractivity contribution in [2.75, 3.05) is 6.61 Å². The number of hydrogen-bond donors (Lipinski definition) is 1. The largest absolute Gasteiger partial charge is 0.507 e. The number of halogens is 2. The van der Waals surface area contributed by atoms with Gasteiger partial charge < -0.3 is 14.3 Å². The van der Waals surface area contributed by atoms with Gasteiger partial charge in [-0.3, -0.25) is 0 Å². The van der Waals surface area contributed by atoms with Crippen LogP contribution < -0.4 is 4.74 Å². The third-order valence-corrected chi connectivity index (χ3v) is 6.72. The van der Waals surface area contributed by atoms with Crippen molar-refractivity contribution >= 4 is 48.9 Å². The smallest absolute Gasteiger partial charge is 0.136 e. The number of aliphatic hydroxyl groups is 1. The van der Waals surface area contributed by atoms with Crippen molar-refractivity contribution in [2.24, 2.45) is 0 Å². The number of hydrogen-bond acceptors (Lipinski definition) is 3. The summed E-state index contributed by atoms with van der Waals surface area (Å²) in [5.74, 6) is 1.61. The van der Waals surface area contributed by atoms with E-state index in [2.05, 4.69) is 93.4 Å². The summed E-state index contributed by atoms with van der Waals surface area (Å²) in [4.78, 5) is 0. The second-order valence-electron chi connectivity index (χ2n) is 8.31. The number of rotatable bonds is 9. The van der Waals surface area contributed by atoms with Crippen LogP contribution in [0.5, 0.6) is 5.75 Å². The van der Waals surface area contributed by atoms with Gasteiger partial charge in [0.15, 0.2) is 0 Å². The van der Waals surface area contributed by atoms with E-state index in [4.69, 9.17) is 9.15 Å². The lowest BCUT2D eigenvalue weighted by Gasteiger charge is -2.08. The van der Waals surface area contributed by atoms with E-state index >= 15 is 0 Å². The van der Waals surface area contributed by atoms with E-state index in [0.717, 1.165) is 34.0 Å². The molecule has 0 fully saturated rings. The van der Waals surface area contributed by atoms with Gasteiger partial charge in [0.25, 0.3) is 0 Å². The summed E-state index contributed by atoms with van der Waals surface area (Å²) in [6.07, 6.45) is 7.74. The van der Waals surface area contributed by atoms with Crippen molar-refractivity contribution < 1.29 is 14.3 Å². The Hall–Kier alpha value is -2.76. The van der Waals surface area contributed by atoms with Gasteiger partial charge in [-0.2, -0.15) is 0 Å². The highest BCUT2D eigenvalue weighted by atomic mass is 79.9. The Kier molecular flexibility index (Phi) is 11.4. The number of benzene rings is 3. The first kappa shape index (κ1) is 27.8. The molecule has 0 saturated heterocycles. The van der Waals surface area contributed by atoms with Crippen LogP contribution in [0.3, 0.4) is 0 Å². The van der Waals surface area contributed by atoms with Gasteiger partial charge >= 0.3 is 0 Å². The summed E-state index contributed by atoms with van der Waals surface area (Å²) in [6.45, 7) is 4.61. The Bertz CT molecular complexity index is 1280. The SMILES string of the molecule is C/C=C(O)\C(Br)=C/c1cc2cc(OCCCc3ccccc3)c(Br)cc2o1.CCCc1ccccc1. The molecule has 4 rings (SSSR count). The molecular formula is C31H32Br2O3. The molecule has 0 radical (unpaired) electrons. The summed E-state index contributed by atoms with van der Waals surface area (Å²) in [5.41, 5.74) is 3.52. The van der Waals surface area contributed by atoms with Gasteiger partial charge in [-0.1, -0.05) is 74.0 Å². The highest BCUT2D eigenvalue weighted by Crippen LogP contribution is 2.33. The quantitative estimate of drug-likeness (QED) is 0.116. The van der Waals surface area contributed by atoms with Crippen LogP contribution in [0.25, 0.3) is 17.0 Å². The lowest BCUT2D eigenvalue weighted by molar-refractivity contribution is 0.309. The van der Waals surface area contributed by atoms with E-state index in [1.807, 2.05) is 24.3 Å². The van der Waals surface area contributed by atoms with Gasteiger partial charge in [0.2, 0.25) is 0 Å². The Morgan fingerprint density at radius 1 is 0.944 bits per heavy atom. The summed E-state index contributed by atoms with van der Waals surface area (Å²) in [6, 6.07) is 26.8. The minimum absolute atomic E-state index is 0.166. The van der Waals surface area contributed by atoms with Gasteiger partial charge in [0.05, 0.1) is 15.6 Å². The fraction of sp³-hybridized carbons (Fsp3) is 0.226. The number of aryl methyl sites for hydroxylation is 2. The molecule has 1 aromatic heterocycles. The average molecular weight is 612 g/mol. The zero-order valence-electron chi connectivity index (χ0n) is 20.7. The van der Waals surface area contributed by atoms with Gasteiger partial charge in [0.1, 0.15) is 22.9 Å². The van der Waals surface area contributed by atoms with Gasteiger partial charge in [-0.25, -0.2) is 0 Å². The molecule has 0 amide bonds. The normalized spacial score (nSPS) is 11.8. The number of ether oxygens (including phenoxy) is 1. The van der Waals surface area contributed by atoms with E-state index in [-0.39, 0.29) is 5.76 Å². The molecule has 0 saturated carbocycles. The van der Waals surface area contributed by atoms with Crippen molar-refractivity contribution in [3.8, 4) is 5.75 Å². The van der Waals surface area contributed by atoms with E-state index in [0.29, 0.717) is 16.8 Å². The molecule has 0 bridgehead atoms. The summed E-state index contributed by atoms with van der Waals surface area (Å²) in [5, 5.41) is 10.7. The van der Waals surface area contributed by atoms with Crippen molar-refractivity contribution in [3.63, 3.8) is 0 Å². The maximum absolute atomic E-state index is 9.73. The fourth-order valence-corrected chi connectivity index (χ4v) is 4.51. The molecule has 0 atom stereocenters. The van der Waals surface area contributed by atoms with Crippen molar-refractivity contribution in [1.29, 1.82) is 0 Å². The van der Waals surface area contributed by atoms with E-state index in [9.17, 15) is 5.11 Å². The molecule has 0 aliphatic rings. The minimum Gasteiger partial charge on any atom is -0.507 e. The van der Waals surface area contributed by atoms with Crippen LogP contribution in [0.1, 0.15) is 43.6 Å². The molecular weight excluding hydrogens is 580 g/mol. The molecule has 3 aromatic carbocycles. The summed E-state index contributed by atoms with van der Waals surface area (Å²) < 4.78 is 13.2. The van der Waals surface area contributed by atoms with Crippen LogP contribution in [-0.2, 0) is 12.8 Å². The molecule has 0 aliphatic carbocycles. The van der Waals surface area contributed by atoms with Crippen LogP contribution in [0.15, 0.2) is 104 Å². The second kappa shape index (κ2) is 14.7. The molecule has 0 unspecified atom stereocenters. The van der Waals surface area contributed by atoms with Crippen LogP contribution in [0.2, 0.25) is 0 Å². The van der Waals surface area contributed by atoms with Gasteiger partial charge in [-0.15, -0.1) is 0 Å². The Morgan fingerprint density at radius 2 is 1.58 bits per heavy atom. The van der Waals surface area contributed by atoms with E-state index in [1.165, 1.54) is 24.0 Å². The monoisotopic (exact) mass is 610 g/mol. The fourth-order valence-electron chi connectivity index (χ4n) is 3.62. The Balaban J connectivity index is 0.000000338. The predicted octanol–water partition coefficient (Wildman–Crippen LogP) is 10.0. The molecule has 0 aliphatic heterocycles. The maximum Gasteiger partial charge on any atom is 0.136 e. The van der Waals surface area contributed by atoms with Crippen LogP contribution in [0.4, 0.5) is 0 Å². The third-order valence-electron chi connectivity index (χ3n) is 5.47. The number of fused-ring (bicyclic) bond motifs is 1. The third kappa shape index (κ3) is 8.72. The highest BCUT2D eigenvalue weighted by molar-refractivity contribution is 9.12. The second-order valence-corrected chi connectivity index (χ2v) is 10.0. The number of furan rings is 1. The predicted molar refractivity (Wildman–Crippen MR) is 158 cm³/mol. The lowest BCUT2D eigenvalue weighted by Crippen LogP contribution is -1.99. The maximum atomic E-state index is 9.73. The van der Waals surface area contributed by atoms with Crippen LogP contribution in [0, 0.1) is 0 Å². The molecule has 1 heterocycles. The first-order chi connectivity index (χ1) is 17.5. The Labute approximate surface area is 230 Å². The standard InChI is InChI=1S/C22H20Br2O3.C9H12/c1-2-20(25)18(23)13-17-11-16-12-22(19(24)14-21(16)27-17)26-10-6-9-15-7-4-3-5-8-15;1-2-6-9-7-4-3-5-8-9/h2-5,7-8,11-14,25H,6,9-10H2,1H3;3-5,7-8H,2,6H2,1H3/b18-13+,20-2+;. The summed E-state index contributed by atoms with van der Waals surface area (Å²) in [7, 11) is 0. The lowest BCUT2D eigenvalue weighted by atomic mass is 10.1. The van der Waals surface area contributed by atoms with Crippen molar-refractivity contribution in [1.82, 2.24) is 0 Å². The molecule has 3 nitrogen and oxygen atoms in total. The average Bonchev–Trinajstić information content (AvgIpc) is 3.28. The topological polar surface area (TPSA) is 42.6 Å². The van der Waals surface area contributed by atoms with Crippen LogP contribution in [-0.4, -0.2) is 11.7 Å². The first-order valence-corrected chi connectivity index (χ1v) is 13.7. The molecule has 0 spiro atoms. The number of allylic oxidation sites excluding steroid dienone is 2. The van der Waals surface area contributed by atoms with E-state index in [1.54, 1.807) is 19.1 Å². The van der Waals surface area contributed by atoms with E-state index < -0.39 is 0 Å². The van der Waals surface area contributed by atoms with Crippen molar-refractivity contribution in [2.45, 2.75) is 39.5 Å². The Morgan fingerprint density at radius 3 is 2.19 bits per heavy atom. The summed E-state index contributed by atoms with van der Waals surface area (Å²) >= 11 is 6.89. The van der Waals surface area contributed by atoms with Crippen LogP contribution >= 0.6 is 31.9 Å². The first-order valence-electron chi connectivity index (χ1n) is 12.2. The molecule has 1 N–H and O–H groups in total. The minimum atomic E-state index is 0.166.